The Labute approximate surface area is 129 Å². The summed E-state index contributed by atoms with van der Waals surface area (Å²) in [4.78, 5) is 16.4. The molecule has 4 nitrogen and oxygen atoms in total. The molecule has 0 aliphatic carbocycles. The molecule has 1 amide bonds. The van der Waals surface area contributed by atoms with Gasteiger partial charge in [-0.1, -0.05) is 18.5 Å². The molecular weight excluding hydrogens is 286 g/mol. The zero-order valence-electron chi connectivity index (χ0n) is 12.5. The smallest absolute Gasteiger partial charge is 0.238 e. The lowest BCUT2D eigenvalue weighted by Crippen LogP contribution is -2.34. The second-order valence-corrected chi connectivity index (χ2v) is 5.60. The number of carbonyl (C=O) groups excluding carboxylic acids is 1. The molecule has 0 aliphatic heterocycles. The quantitative estimate of drug-likeness (QED) is 0.888. The topological polar surface area (TPSA) is 54.0 Å². The molecule has 1 aromatic carbocycles. The summed E-state index contributed by atoms with van der Waals surface area (Å²) >= 11 is 6.28. The average Bonchev–Trinajstić information content (AvgIpc) is 2.49. The number of anilines is 1. The van der Waals surface area contributed by atoms with Crippen LogP contribution in [0, 0.1) is 6.92 Å². The van der Waals surface area contributed by atoms with E-state index in [4.69, 9.17) is 11.6 Å². The lowest BCUT2D eigenvalue weighted by Gasteiger charge is -2.14. The monoisotopic (exact) mass is 305 g/mol. The molecule has 5 heteroatoms. The van der Waals surface area contributed by atoms with Crippen molar-refractivity contribution in [1.29, 1.82) is 0 Å². The summed E-state index contributed by atoms with van der Waals surface area (Å²) in [6.45, 7) is 6.34. The van der Waals surface area contributed by atoms with Crippen LogP contribution in [0.3, 0.4) is 0 Å². The summed E-state index contributed by atoms with van der Waals surface area (Å²) in [7, 11) is 0. The number of aromatic nitrogens is 1. The Morgan fingerprint density at radius 2 is 2.24 bits per heavy atom. The van der Waals surface area contributed by atoms with Crippen molar-refractivity contribution in [3.05, 3.63) is 35.0 Å². The van der Waals surface area contributed by atoms with Crippen LogP contribution in [0.25, 0.3) is 10.9 Å². The van der Waals surface area contributed by atoms with E-state index >= 15 is 0 Å². The number of fused-ring (bicyclic) bond motifs is 1. The number of rotatable bonds is 5. The maximum Gasteiger partial charge on any atom is 0.238 e. The highest BCUT2D eigenvalue weighted by atomic mass is 35.5. The molecule has 1 unspecified atom stereocenters. The second-order valence-electron chi connectivity index (χ2n) is 5.19. The number of aryl methyl sites for hydroxylation is 1. The number of amides is 1. The maximum atomic E-state index is 12.1. The van der Waals surface area contributed by atoms with Crippen molar-refractivity contribution >= 4 is 34.1 Å². The van der Waals surface area contributed by atoms with Crippen LogP contribution in [0.1, 0.15) is 25.8 Å². The van der Waals surface area contributed by atoms with Crippen molar-refractivity contribution in [2.24, 2.45) is 0 Å². The van der Waals surface area contributed by atoms with Crippen molar-refractivity contribution in [1.82, 2.24) is 10.3 Å². The standard InChI is InChI=1S/C16H20ClN3O/c1-4-11(3)19-9-14(21)20-16-12-6-5-7-18-15(12)10(2)8-13(16)17/h5-8,11,19H,4,9H2,1-3H3,(H,20,21). The van der Waals surface area contributed by atoms with Gasteiger partial charge in [0.2, 0.25) is 5.91 Å². The molecule has 1 heterocycles. The lowest BCUT2D eigenvalue weighted by molar-refractivity contribution is -0.115. The van der Waals surface area contributed by atoms with E-state index in [9.17, 15) is 4.79 Å². The van der Waals surface area contributed by atoms with Gasteiger partial charge < -0.3 is 10.6 Å². The summed E-state index contributed by atoms with van der Waals surface area (Å²) in [5.74, 6) is -0.105. The number of carbonyl (C=O) groups is 1. The van der Waals surface area contributed by atoms with Crippen LogP contribution in [-0.4, -0.2) is 23.5 Å². The molecule has 112 valence electrons. The molecule has 2 rings (SSSR count). The van der Waals surface area contributed by atoms with Crippen molar-refractivity contribution in [3.63, 3.8) is 0 Å². The molecule has 0 fully saturated rings. The van der Waals surface area contributed by atoms with Crippen LogP contribution in [0.15, 0.2) is 24.4 Å². The fourth-order valence-electron chi connectivity index (χ4n) is 2.10. The number of hydrogen-bond acceptors (Lipinski definition) is 3. The van der Waals surface area contributed by atoms with Crippen LogP contribution in [0.4, 0.5) is 5.69 Å². The molecule has 0 spiro atoms. The maximum absolute atomic E-state index is 12.1. The van der Waals surface area contributed by atoms with Crippen molar-refractivity contribution in [2.45, 2.75) is 33.2 Å². The largest absolute Gasteiger partial charge is 0.323 e. The van der Waals surface area contributed by atoms with Gasteiger partial charge in [-0.2, -0.15) is 0 Å². The van der Waals surface area contributed by atoms with Crippen LogP contribution in [0.5, 0.6) is 0 Å². The molecule has 0 aliphatic rings. The highest BCUT2D eigenvalue weighted by molar-refractivity contribution is 6.35. The fraction of sp³-hybridized carbons (Fsp3) is 0.375. The van der Waals surface area contributed by atoms with Crippen LogP contribution < -0.4 is 10.6 Å². The van der Waals surface area contributed by atoms with Crippen LogP contribution >= 0.6 is 11.6 Å². The third-order valence-electron chi connectivity index (χ3n) is 3.52. The number of nitrogens with zero attached hydrogens (tertiary/aromatic N) is 1. The zero-order valence-corrected chi connectivity index (χ0v) is 13.3. The highest BCUT2D eigenvalue weighted by Crippen LogP contribution is 2.32. The molecule has 2 aromatic rings. The highest BCUT2D eigenvalue weighted by Gasteiger charge is 2.12. The van der Waals surface area contributed by atoms with Crippen molar-refractivity contribution in [3.8, 4) is 0 Å². The molecule has 0 radical (unpaired) electrons. The first kappa shape index (κ1) is 15.7. The summed E-state index contributed by atoms with van der Waals surface area (Å²) < 4.78 is 0. The minimum Gasteiger partial charge on any atom is -0.323 e. The number of pyridine rings is 1. The molecule has 2 N–H and O–H groups in total. The van der Waals surface area contributed by atoms with Crippen molar-refractivity contribution in [2.75, 3.05) is 11.9 Å². The van der Waals surface area contributed by atoms with E-state index in [1.807, 2.05) is 32.0 Å². The Hall–Kier alpha value is -1.65. The predicted molar refractivity (Wildman–Crippen MR) is 87.9 cm³/mol. The molecule has 21 heavy (non-hydrogen) atoms. The van der Waals surface area contributed by atoms with Gasteiger partial charge in [0.15, 0.2) is 0 Å². The van der Waals surface area contributed by atoms with Gasteiger partial charge in [0.25, 0.3) is 0 Å². The third-order valence-corrected chi connectivity index (χ3v) is 3.82. The number of hydrogen-bond donors (Lipinski definition) is 2. The summed E-state index contributed by atoms with van der Waals surface area (Å²) in [6.07, 6.45) is 2.71. The van der Waals surface area contributed by atoms with E-state index in [-0.39, 0.29) is 12.5 Å². The number of nitrogens with one attached hydrogen (secondary N) is 2. The fourth-order valence-corrected chi connectivity index (χ4v) is 2.42. The van der Waals surface area contributed by atoms with Gasteiger partial charge in [-0.15, -0.1) is 0 Å². The Morgan fingerprint density at radius 1 is 1.48 bits per heavy atom. The Kier molecular flexibility index (Phi) is 5.15. The van der Waals surface area contributed by atoms with E-state index in [0.29, 0.717) is 16.8 Å². The Bertz CT molecular complexity index is 657. The molecular formula is C16H20ClN3O. The number of halogens is 1. The van der Waals surface area contributed by atoms with E-state index in [0.717, 1.165) is 22.9 Å². The minimum absolute atomic E-state index is 0.105. The van der Waals surface area contributed by atoms with E-state index in [1.54, 1.807) is 6.20 Å². The lowest BCUT2D eigenvalue weighted by atomic mass is 10.1. The normalized spacial score (nSPS) is 12.4. The Balaban J connectivity index is 2.24. The summed E-state index contributed by atoms with van der Waals surface area (Å²) in [6, 6.07) is 5.89. The zero-order chi connectivity index (χ0) is 15.4. The van der Waals surface area contributed by atoms with Crippen LogP contribution in [0.2, 0.25) is 5.02 Å². The van der Waals surface area contributed by atoms with Crippen LogP contribution in [-0.2, 0) is 4.79 Å². The van der Waals surface area contributed by atoms with Gasteiger partial charge >= 0.3 is 0 Å². The predicted octanol–water partition coefficient (Wildman–Crippen LogP) is 3.52. The second kappa shape index (κ2) is 6.87. The summed E-state index contributed by atoms with van der Waals surface area (Å²) in [5.41, 5.74) is 2.47. The first-order valence-electron chi connectivity index (χ1n) is 7.10. The average molecular weight is 306 g/mol. The molecule has 0 bridgehead atoms. The molecule has 1 atom stereocenters. The van der Waals surface area contributed by atoms with Crippen molar-refractivity contribution < 1.29 is 4.79 Å². The molecule has 0 saturated carbocycles. The van der Waals surface area contributed by atoms with E-state index in [1.165, 1.54) is 0 Å². The molecule has 1 aromatic heterocycles. The minimum atomic E-state index is -0.105. The van der Waals surface area contributed by atoms with Gasteiger partial charge in [-0.05, 0) is 44.0 Å². The Morgan fingerprint density at radius 3 is 2.95 bits per heavy atom. The van der Waals surface area contributed by atoms with E-state index in [2.05, 4.69) is 22.5 Å². The molecule has 0 saturated heterocycles. The van der Waals surface area contributed by atoms with Gasteiger partial charge in [0.1, 0.15) is 0 Å². The third kappa shape index (κ3) is 3.71. The first-order valence-corrected chi connectivity index (χ1v) is 7.47. The SMILES string of the molecule is CCC(C)NCC(=O)Nc1c(Cl)cc(C)c2ncccc12. The number of benzene rings is 1. The first-order chi connectivity index (χ1) is 10.0. The van der Waals surface area contributed by atoms with Gasteiger partial charge in [-0.3, -0.25) is 9.78 Å². The van der Waals surface area contributed by atoms with E-state index < -0.39 is 0 Å². The van der Waals surface area contributed by atoms with Gasteiger partial charge in [0.05, 0.1) is 22.8 Å². The van der Waals surface area contributed by atoms with Gasteiger partial charge in [0, 0.05) is 17.6 Å². The summed E-state index contributed by atoms with van der Waals surface area (Å²) in [5, 5.41) is 7.44. The van der Waals surface area contributed by atoms with Gasteiger partial charge in [-0.25, -0.2) is 0 Å².